The molecule has 2 rings (SSSR count). The van der Waals surface area contributed by atoms with E-state index in [4.69, 9.17) is 10.5 Å². The normalized spacial score (nSPS) is 15.7. The molecule has 0 saturated carbocycles. The summed E-state index contributed by atoms with van der Waals surface area (Å²) in [6.07, 6.45) is 0. The summed E-state index contributed by atoms with van der Waals surface area (Å²) >= 11 is 0. The number of carbonyl (C=O) groups excluding carboxylic acids is 1. The molecule has 0 unspecified atom stereocenters. The minimum atomic E-state index is -0.120. The molecule has 0 bridgehead atoms. The van der Waals surface area contributed by atoms with Crippen molar-refractivity contribution in [2.24, 2.45) is 0 Å². The molecule has 1 aromatic rings. The summed E-state index contributed by atoms with van der Waals surface area (Å²) in [7, 11) is 0. The van der Waals surface area contributed by atoms with E-state index >= 15 is 0 Å². The average Bonchev–Trinajstić information content (AvgIpc) is 2.35. The summed E-state index contributed by atoms with van der Waals surface area (Å²) in [5, 5.41) is 2.83. The Hall–Kier alpha value is -1.75. The minimum absolute atomic E-state index is 0.120. The van der Waals surface area contributed by atoms with Crippen molar-refractivity contribution < 1.29 is 9.53 Å². The third-order valence-corrected chi connectivity index (χ3v) is 2.75. The van der Waals surface area contributed by atoms with Crippen molar-refractivity contribution in [3.05, 3.63) is 23.8 Å². The van der Waals surface area contributed by atoms with Crippen molar-refractivity contribution in [1.82, 2.24) is 4.90 Å². The highest BCUT2D eigenvalue weighted by Gasteiger charge is 2.17. The molecule has 0 aliphatic carbocycles. The molecule has 17 heavy (non-hydrogen) atoms. The third-order valence-electron chi connectivity index (χ3n) is 2.75. The summed E-state index contributed by atoms with van der Waals surface area (Å²) in [6.45, 7) is 4.40. The van der Waals surface area contributed by atoms with Gasteiger partial charge in [-0.3, -0.25) is 0 Å². The maximum absolute atomic E-state index is 11.9. The number of rotatable bonds is 1. The van der Waals surface area contributed by atoms with E-state index in [0.717, 1.165) is 5.56 Å². The van der Waals surface area contributed by atoms with Gasteiger partial charge in [0.05, 0.1) is 24.6 Å². The molecule has 1 saturated heterocycles. The standard InChI is InChI=1S/C12H17N3O2/c1-9-2-3-10(13)11(8-9)14-12(16)15-4-6-17-7-5-15/h2-3,8H,4-7,13H2,1H3,(H,14,16). The second-order valence-corrected chi connectivity index (χ2v) is 4.12. The Morgan fingerprint density at radius 3 is 2.82 bits per heavy atom. The Bertz CT molecular complexity index is 414. The van der Waals surface area contributed by atoms with E-state index in [9.17, 15) is 4.79 Å². The zero-order valence-electron chi connectivity index (χ0n) is 9.90. The van der Waals surface area contributed by atoms with Crippen molar-refractivity contribution in [1.29, 1.82) is 0 Å². The summed E-state index contributed by atoms with van der Waals surface area (Å²) in [5.41, 5.74) is 8.12. The number of nitrogens with one attached hydrogen (secondary N) is 1. The van der Waals surface area contributed by atoms with Gasteiger partial charge in [-0.2, -0.15) is 0 Å². The molecule has 92 valence electrons. The topological polar surface area (TPSA) is 67.6 Å². The fourth-order valence-electron chi connectivity index (χ4n) is 1.74. The molecule has 3 N–H and O–H groups in total. The van der Waals surface area contributed by atoms with Crippen LogP contribution >= 0.6 is 0 Å². The Morgan fingerprint density at radius 2 is 2.12 bits per heavy atom. The molecule has 0 atom stereocenters. The lowest BCUT2D eigenvalue weighted by molar-refractivity contribution is 0.0564. The summed E-state index contributed by atoms with van der Waals surface area (Å²) in [5.74, 6) is 0. The lowest BCUT2D eigenvalue weighted by Gasteiger charge is -2.27. The molecular weight excluding hydrogens is 218 g/mol. The molecule has 0 aromatic heterocycles. The number of hydrogen-bond donors (Lipinski definition) is 2. The van der Waals surface area contributed by atoms with Crippen LogP contribution in [0.15, 0.2) is 18.2 Å². The number of aryl methyl sites for hydroxylation is 1. The van der Waals surface area contributed by atoms with Gasteiger partial charge in [-0.25, -0.2) is 4.79 Å². The minimum Gasteiger partial charge on any atom is -0.397 e. The number of hydrogen-bond acceptors (Lipinski definition) is 3. The van der Waals surface area contributed by atoms with Crippen LogP contribution in [-0.2, 0) is 4.74 Å². The number of nitrogens with zero attached hydrogens (tertiary/aromatic N) is 1. The Labute approximate surface area is 101 Å². The van der Waals surface area contributed by atoms with Gasteiger partial charge in [-0.15, -0.1) is 0 Å². The number of morpholine rings is 1. The van der Waals surface area contributed by atoms with E-state index in [2.05, 4.69) is 5.32 Å². The number of nitrogens with two attached hydrogens (primary N) is 1. The first-order chi connectivity index (χ1) is 8.16. The van der Waals surface area contributed by atoms with Crippen LogP contribution in [-0.4, -0.2) is 37.2 Å². The van der Waals surface area contributed by atoms with Gasteiger partial charge in [0.15, 0.2) is 0 Å². The van der Waals surface area contributed by atoms with Crippen LogP contribution < -0.4 is 11.1 Å². The first-order valence-corrected chi connectivity index (χ1v) is 5.66. The predicted molar refractivity (Wildman–Crippen MR) is 67.0 cm³/mol. The molecule has 1 aromatic carbocycles. The molecule has 5 heteroatoms. The molecule has 0 radical (unpaired) electrons. The number of carbonyl (C=O) groups is 1. The average molecular weight is 235 g/mol. The second kappa shape index (κ2) is 5.05. The van der Waals surface area contributed by atoms with Crippen LogP contribution in [0, 0.1) is 6.92 Å². The number of urea groups is 1. The van der Waals surface area contributed by atoms with Crippen molar-refractivity contribution in [3.8, 4) is 0 Å². The second-order valence-electron chi connectivity index (χ2n) is 4.12. The van der Waals surface area contributed by atoms with Crippen LogP contribution in [0.25, 0.3) is 0 Å². The van der Waals surface area contributed by atoms with Gasteiger partial charge in [-0.1, -0.05) is 6.07 Å². The Balaban J connectivity index is 2.04. The molecule has 1 fully saturated rings. The van der Waals surface area contributed by atoms with Gasteiger partial charge in [-0.05, 0) is 24.6 Å². The van der Waals surface area contributed by atoms with E-state index in [1.807, 2.05) is 19.1 Å². The van der Waals surface area contributed by atoms with Crippen LogP contribution in [0.5, 0.6) is 0 Å². The summed E-state index contributed by atoms with van der Waals surface area (Å²) in [4.78, 5) is 13.7. The number of nitrogen functional groups attached to an aromatic ring is 1. The number of benzene rings is 1. The van der Waals surface area contributed by atoms with Crippen molar-refractivity contribution in [2.45, 2.75) is 6.92 Å². The van der Waals surface area contributed by atoms with E-state index in [1.165, 1.54) is 0 Å². The number of amides is 2. The van der Waals surface area contributed by atoms with Gasteiger partial charge in [0.25, 0.3) is 0 Å². The van der Waals surface area contributed by atoms with Gasteiger partial charge in [0.2, 0.25) is 0 Å². The monoisotopic (exact) mass is 235 g/mol. The zero-order valence-corrected chi connectivity index (χ0v) is 9.90. The van der Waals surface area contributed by atoms with Crippen LogP contribution in [0.1, 0.15) is 5.56 Å². The molecule has 1 aliphatic heterocycles. The largest absolute Gasteiger partial charge is 0.397 e. The molecule has 2 amide bonds. The predicted octanol–water partition coefficient (Wildman–Crippen LogP) is 1.44. The highest BCUT2D eigenvalue weighted by atomic mass is 16.5. The van der Waals surface area contributed by atoms with Gasteiger partial charge < -0.3 is 20.7 Å². The molecule has 5 nitrogen and oxygen atoms in total. The fourth-order valence-corrected chi connectivity index (χ4v) is 1.74. The lowest BCUT2D eigenvalue weighted by Crippen LogP contribution is -2.43. The van der Waals surface area contributed by atoms with E-state index in [1.54, 1.807) is 11.0 Å². The summed E-state index contributed by atoms with van der Waals surface area (Å²) < 4.78 is 5.20. The van der Waals surface area contributed by atoms with E-state index in [-0.39, 0.29) is 6.03 Å². The SMILES string of the molecule is Cc1ccc(N)c(NC(=O)N2CCOCC2)c1. The smallest absolute Gasteiger partial charge is 0.322 e. The molecule has 1 aliphatic rings. The Morgan fingerprint density at radius 1 is 1.41 bits per heavy atom. The van der Waals surface area contributed by atoms with Crippen molar-refractivity contribution in [3.63, 3.8) is 0 Å². The number of ether oxygens (including phenoxy) is 1. The van der Waals surface area contributed by atoms with E-state index < -0.39 is 0 Å². The highest BCUT2D eigenvalue weighted by Crippen LogP contribution is 2.20. The van der Waals surface area contributed by atoms with Crippen LogP contribution in [0.3, 0.4) is 0 Å². The first kappa shape index (κ1) is 11.7. The van der Waals surface area contributed by atoms with Gasteiger partial charge in [0.1, 0.15) is 0 Å². The molecular formula is C12H17N3O2. The number of anilines is 2. The fraction of sp³-hybridized carbons (Fsp3) is 0.417. The van der Waals surface area contributed by atoms with Crippen LogP contribution in [0.2, 0.25) is 0 Å². The van der Waals surface area contributed by atoms with Gasteiger partial charge >= 0.3 is 6.03 Å². The van der Waals surface area contributed by atoms with Gasteiger partial charge in [0, 0.05) is 13.1 Å². The molecule has 1 heterocycles. The zero-order chi connectivity index (χ0) is 12.3. The highest BCUT2D eigenvalue weighted by molar-refractivity contribution is 5.92. The van der Waals surface area contributed by atoms with E-state index in [0.29, 0.717) is 37.7 Å². The quantitative estimate of drug-likeness (QED) is 0.724. The Kier molecular flexibility index (Phi) is 3.49. The summed E-state index contributed by atoms with van der Waals surface area (Å²) in [6, 6.07) is 5.46. The first-order valence-electron chi connectivity index (χ1n) is 5.66. The molecule has 0 spiro atoms. The lowest BCUT2D eigenvalue weighted by atomic mass is 10.2. The maximum Gasteiger partial charge on any atom is 0.322 e. The van der Waals surface area contributed by atoms with Crippen molar-refractivity contribution in [2.75, 3.05) is 37.4 Å². The van der Waals surface area contributed by atoms with Crippen LogP contribution in [0.4, 0.5) is 16.2 Å². The third kappa shape index (κ3) is 2.88. The maximum atomic E-state index is 11.9. The van der Waals surface area contributed by atoms with Crippen molar-refractivity contribution >= 4 is 17.4 Å².